The number of aliphatic hydroxyl groups excluding tert-OH is 1. The van der Waals surface area contributed by atoms with Crippen molar-refractivity contribution < 1.29 is 14.7 Å². The first-order valence-electron chi connectivity index (χ1n) is 5.94. The fourth-order valence-corrected chi connectivity index (χ4v) is 1.98. The summed E-state index contributed by atoms with van der Waals surface area (Å²) in [6.07, 6.45) is 0.188. The van der Waals surface area contributed by atoms with E-state index in [1.54, 1.807) is 19.1 Å². The van der Waals surface area contributed by atoms with Gasteiger partial charge < -0.3 is 15.3 Å². The highest BCUT2D eigenvalue weighted by atomic mass is 16.3. The van der Waals surface area contributed by atoms with Gasteiger partial charge in [0.1, 0.15) is 0 Å². The first-order valence-corrected chi connectivity index (χ1v) is 5.94. The van der Waals surface area contributed by atoms with Crippen molar-refractivity contribution in [2.24, 2.45) is 0 Å². The third kappa shape index (κ3) is 2.68. The predicted molar refractivity (Wildman–Crippen MR) is 67.2 cm³/mol. The van der Waals surface area contributed by atoms with E-state index in [9.17, 15) is 14.7 Å². The molecule has 1 fully saturated rings. The first-order chi connectivity index (χ1) is 8.58. The Balaban J connectivity index is 2.13. The topological polar surface area (TPSA) is 69.6 Å². The minimum absolute atomic E-state index is 0.391. The third-order valence-corrected chi connectivity index (χ3v) is 2.84. The van der Waals surface area contributed by atoms with Gasteiger partial charge in [0, 0.05) is 18.8 Å². The van der Waals surface area contributed by atoms with Gasteiger partial charge in [-0.3, -0.25) is 9.59 Å². The number of aliphatic hydroxyl groups is 1. The smallest absolute Gasteiger partial charge is 0.316 e. The molecular formula is C13H16N2O3. The van der Waals surface area contributed by atoms with Gasteiger partial charge in [0.25, 0.3) is 0 Å². The maximum absolute atomic E-state index is 11.7. The quantitative estimate of drug-likeness (QED) is 0.744. The molecule has 1 saturated heterocycles. The fraction of sp³-hybridized carbons (Fsp3) is 0.385. The van der Waals surface area contributed by atoms with Crippen molar-refractivity contribution in [3.63, 3.8) is 0 Å². The van der Waals surface area contributed by atoms with Crippen molar-refractivity contribution in [3.8, 4) is 0 Å². The molecule has 2 amide bonds. The van der Waals surface area contributed by atoms with Crippen LogP contribution in [0.5, 0.6) is 0 Å². The van der Waals surface area contributed by atoms with Gasteiger partial charge in [-0.15, -0.1) is 0 Å². The largest absolute Gasteiger partial charge is 0.393 e. The molecule has 96 valence electrons. The highest BCUT2D eigenvalue weighted by molar-refractivity contribution is 6.41. The molecule has 1 aromatic rings. The van der Waals surface area contributed by atoms with Gasteiger partial charge in [-0.25, -0.2) is 0 Å². The number of carbonyl (C=O) groups is 2. The van der Waals surface area contributed by atoms with Gasteiger partial charge in [0.15, 0.2) is 0 Å². The molecule has 1 aromatic carbocycles. The summed E-state index contributed by atoms with van der Waals surface area (Å²) in [7, 11) is 0. The van der Waals surface area contributed by atoms with E-state index in [1.807, 2.05) is 12.1 Å². The van der Waals surface area contributed by atoms with Crippen molar-refractivity contribution in [3.05, 3.63) is 29.8 Å². The van der Waals surface area contributed by atoms with Crippen LogP contribution >= 0.6 is 0 Å². The van der Waals surface area contributed by atoms with Crippen LogP contribution in [0.4, 0.5) is 5.69 Å². The predicted octanol–water partition coefficient (Wildman–Crippen LogP) is 0.0727. The van der Waals surface area contributed by atoms with E-state index >= 15 is 0 Å². The second kappa shape index (κ2) is 5.18. The number of nitrogens with one attached hydrogen (secondary N) is 1. The summed E-state index contributed by atoms with van der Waals surface area (Å²) in [5.41, 5.74) is 1.71. The Morgan fingerprint density at radius 1 is 1.33 bits per heavy atom. The highest BCUT2D eigenvalue weighted by Gasteiger charge is 2.26. The van der Waals surface area contributed by atoms with Crippen LogP contribution in [0.3, 0.4) is 0 Å². The van der Waals surface area contributed by atoms with Crippen LogP contribution in [0, 0.1) is 0 Å². The Hall–Kier alpha value is -1.88. The van der Waals surface area contributed by atoms with Crippen LogP contribution in [-0.2, 0) is 16.0 Å². The number of benzene rings is 1. The maximum Gasteiger partial charge on any atom is 0.316 e. The number of nitrogens with zero attached hydrogens (tertiary/aromatic N) is 1. The van der Waals surface area contributed by atoms with Crippen LogP contribution in [0.1, 0.15) is 12.5 Å². The summed E-state index contributed by atoms with van der Waals surface area (Å²) in [6.45, 7) is 2.69. The summed E-state index contributed by atoms with van der Waals surface area (Å²) in [5.74, 6) is -1.08. The van der Waals surface area contributed by atoms with Crippen molar-refractivity contribution in [1.29, 1.82) is 0 Å². The zero-order valence-corrected chi connectivity index (χ0v) is 10.2. The average molecular weight is 248 g/mol. The molecule has 0 radical (unpaired) electrons. The molecule has 0 spiro atoms. The van der Waals surface area contributed by atoms with Crippen LogP contribution in [0.25, 0.3) is 0 Å². The Morgan fingerprint density at radius 2 is 2.00 bits per heavy atom. The number of piperazine rings is 1. The molecular weight excluding hydrogens is 232 g/mol. The molecule has 0 aliphatic carbocycles. The summed E-state index contributed by atoms with van der Waals surface area (Å²) in [6, 6.07) is 7.33. The van der Waals surface area contributed by atoms with E-state index < -0.39 is 17.9 Å². The normalized spacial score (nSPS) is 17.6. The van der Waals surface area contributed by atoms with E-state index in [4.69, 9.17) is 0 Å². The van der Waals surface area contributed by atoms with E-state index in [2.05, 4.69) is 5.32 Å². The second-order valence-electron chi connectivity index (χ2n) is 4.43. The molecule has 0 aromatic heterocycles. The standard InChI is InChI=1S/C13H16N2O3/c1-9(16)8-10-2-4-11(5-3-10)15-7-6-14-12(17)13(15)18/h2-5,9,16H,6-8H2,1H3,(H,14,17). The molecule has 1 aliphatic heterocycles. The van der Waals surface area contributed by atoms with E-state index in [-0.39, 0.29) is 0 Å². The summed E-state index contributed by atoms with van der Waals surface area (Å²) in [4.78, 5) is 24.4. The van der Waals surface area contributed by atoms with Crippen molar-refractivity contribution in [2.75, 3.05) is 18.0 Å². The Bertz CT molecular complexity index is 454. The van der Waals surface area contributed by atoms with Crippen molar-refractivity contribution in [1.82, 2.24) is 5.32 Å². The van der Waals surface area contributed by atoms with Crippen molar-refractivity contribution >= 4 is 17.5 Å². The van der Waals surface area contributed by atoms with Gasteiger partial charge in [0.05, 0.1) is 6.10 Å². The van der Waals surface area contributed by atoms with Crippen LogP contribution in [0.15, 0.2) is 24.3 Å². The average Bonchev–Trinajstić information content (AvgIpc) is 2.33. The molecule has 1 heterocycles. The van der Waals surface area contributed by atoms with Gasteiger partial charge in [0.2, 0.25) is 0 Å². The zero-order chi connectivity index (χ0) is 13.1. The zero-order valence-electron chi connectivity index (χ0n) is 10.2. The molecule has 1 atom stereocenters. The van der Waals surface area contributed by atoms with Gasteiger partial charge in [-0.05, 0) is 31.0 Å². The highest BCUT2D eigenvalue weighted by Crippen LogP contribution is 2.17. The Kier molecular flexibility index (Phi) is 3.62. The minimum Gasteiger partial charge on any atom is -0.393 e. The number of anilines is 1. The molecule has 0 bridgehead atoms. The third-order valence-electron chi connectivity index (χ3n) is 2.84. The summed E-state index contributed by atoms with van der Waals surface area (Å²) >= 11 is 0. The number of hydrogen-bond donors (Lipinski definition) is 2. The lowest BCUT2D eigenvalue weighted by atomic mass is 10.1. The van der Waals surface area contributed by atoms with Gasteiger partial charge in [-0.2, -0.15) is 0 Å². The number of rotatable bonds is 3. The molecule has 2 N–H and O–H groups in total. The van der Waals surface area contributed by atoms with E-state index in [0.717, 1.165) is 5.56 Å². The first kappa shape index (κ1) is 12.6. The molecule has 5 heteroatoms. The summed E-state index contributed by atoms with van der Waals surface area (Å²) < 4.78 is 0. The van der Waals surface area contributed by atoms with E-state index in [0.29, 0.717) is 25.2 Å². The van der Waals surface area contributed by atoms with Crippen LogP contribution < -0.4 is 10.2 Å². The summed E-state index contributed by atoms with van der Waals surface area (Å²) in [5, 5.41) is 11.8. The Labute approximate surface area is 105 Å². The molecule has 18 heavy (non-hydrogen) atoms. The molecule has 2 rings (SSSR count). The lowest BCUT2D eigenvalue weighted by molar-refractivity contribution is -0.138. The maximum atomic E-state index is 11.7. The van der Waals surface area contributed by atoms with Gasteiger partial charge >= 0.3 is 11.8 Å². The minimum atomic E-state index is -0.561. The van der Waals surface area contributed by atoms with Gasteiger partial charge in [-0.1, -0.05) is 12.1 Å². The van der Waals surface area contributed by atoms with Crippen LogP contribution in [0.2, 0.25) is 0 Å². The lowest BCUT2D eigenvalue weighted by Gasteiger charge is -2.26. The van der Waals surface area contributed by atoms with Crippen molar-refractivity contribution in [2.45, 2.75) is 19.4 Å². The lowest BCUT2D eigenvalue weighted by Crippen LogP contribution is -2.52. The Morgan fingerprint density at radius 3 is 2.61 bits per heavy atom. The monoisotopic (exact) mass is 248 g/mol. The molecule has 1 aliphatic rings. The van der Waals surface area contributed by atoms with Crippen LogP contribution in [-0.4, -0.2) is 36.1 Å². The number of carbonyl (C=O) groups excluding carboxylic acids is 2. The van der Waals surface area contributed by atoms with E-state index in [1.165, 1.54) is 4.90 Å². The molecule has 0 saturated carbocycles. The SMILES string of the molecule is CC(O)Cc1ccc(N2CCNC(=O)C2=O)cc1. The molecule has 5 nitrogen and oxygen atoms in total. The number of hydrogen-bond acceptors (Lipinski definition) is 3. The number of amides is 2. The fourth-order valence-electron chi connectivity index (χ4n) is 1.98. The second-order valence-corrected chi connectivity index (χ2v) is 4.43. The molecule has 1 unspecified atom stereocenters.